The molecule has 0 aromatic heterocycles. The van der Waals surface area contributed by atoms with Gasteiger partial charge in [-0.1, -0.05) is 11.6 Å². The number of hydrogen-bond acceptors (Lipinski definition) is 2. The van der Waals surface area contributed by atoms with Crippen molar-refractivity contribution in [2.24, 2.45) is 0 Å². The summed E-state index contributed by atoms with van der Waals surface area (Å²) >= 11 is 5.82. The Kier molecular flexibility index (Phi) is 3.32. The third kappa shape index (κ3) is 2.67. The summed E-state index contributed by atoms with van der Waals surface area (Å²) in [5.41, 5.74) is 3.18. The van der Waals surface area contributed by atoms with E-state index < -0.39 is 0 Å². The van der Waals surface area contributed by atoms with E-state index in [1.54, 1.807) is 0 Å². The Morgan fingerprint density at radius 1 is 0.750 bits per heavy atom. The van der Waals surface area contributed by atoms with E-state index in [1.165, 1.54) is 0 Å². The summed E-state index contributed by atoms with van der Waals surface area (Å²) in [7, 11) is 1.90. The second kappa shape index (κ2) is 4.90. The lowest BCUT2D eigenvalue weighted by molar-refractivity contribution is 1.49. The molecule has 2 N–H and O–H groups in total. The number of anilines is 3. The Labute approximate surface area is 100 Å². The Hall–Kier alpha value is -1.67. The van der Waals surface area contributed by atoms with Crippen molar-refractivity contribution < 1.29 is 0 Å². The van der Waals surface area contributed by atoms with Crippen molar-refractivity contribution in [3.8, 4) is 0 Å². The van der Waals surface area contributed by atoms with Gasteiger partial charge in [0, 0.05) is 29.1 Å². The molecule has 0 fully saturated rings. The van der Waals surface area contributed by atoms with Crippen LogP contribution in [0.3, 0.4) is 0 Å². The van der Waals surface area contributed by atoms with Crippen LogP contribution in [0.4, 0.5) is 17.1 Å². The summed E-state index contributed by atoms with van der Waals surface area (Å²) in [6.07, 6.45) is 0. The molecule has 0 saturated heterocycles. The Bertz CT molecular complexity index is 448. The van der Waals surface area contributed by atoms with Gasteiger partial charge in [-0.3, -0.25) is 0 Å². The zero-order valence-corrected chi connectivity index (χ0v) is 9.75. The van der Waals surface area contributed by atoms with Gasteiger partial charge in [-0.25, -0.2) is 0 Å². The molecule has 0 aliphatic heterocycles. The molecule has 16 heavy (non-hydrogen) atoms. The summed E-state index contributed by atoms with van der Waals surface area (Å²) in [5, 5.41) is 7.12. The van der Waals surface area contributed by atoms with Crippen LogP contribution in [-0.4, -0.2) is 7.05 Å². The van der Waals surface area contributed by atoms with E-state index >= 15 is 0 Å². The lowest BCUT2D eigenvalue weighted by Crippen LogP contribution is -1.91. The van der Waals surface area contributed by atoms with E-state index in [4.69, 9.17) is 11.6 Å². The van der Waals surface area contributed by atoms with Gasteiger partial charge in [0.15, 0.2) is 0 Å². The normalized spacial score (nSPS) is 9.88. The molecule has 0 heterocycles. The third-order valence-electron chi connectivity index (χ3n) is 2.31. The summed E-state index contributed by atoms with van der Waals surface area (Å²) in [4.78, 5) is 0. The van der Waals surface area contributed by atoms with Crippen molar-refractivity contribution in [3.05, 3.63) is 53.6 Å². The van der Waals surface area contributed by atoms with Gasteiger partial charge < -0.3 is 10.6 Å². The molecule has 2 rings (SSSR count). The van der Waals surface area contributed by atoms with Crippen molar-refractivity contribution in [1.82, 2.24) is 0 Å². The average molecular weight is 233 g/mol. The fraction of sp³-hybridized carbons (Fsp3) is 0.0769. The number of nitrogens with one attached hydrogen (secondary N) is 2. The minimum absolute atomic E-state index is 0.746. The van der Waals surface area contributed by atoms with Crippen molar-refractivity contribution >= 4 is 28.7 Å². The molecule has 2 nitrogen and oxygen atoms in total. The lowest BCUT2D eigenvalue weighted by Gasteiger charge is -2.07. The van der Waals surface area contributed by atoms with Crippen LogP contribution in [0.15, 0.2) is 48.5 Å². The fourth-order valence-corrected chi connectivity index (χ4v) is 1.55. The molecule has 0 aliphatic rings. The molecule has 82 valence electrons. The summed E-state index contributed by atoms with van der Waals surface area (Å²) in [6.45, 7) is 0. The van der Waals surface area contributed by atoms with Crippen molar-refractivity contribution in [2.45, 2.75) is 0 Å². The van der Waals surface area contributed by atoms with Crippen molar-refractivity contribution in [1.29, 1.82) is 0 Å². The largest absolute Gasteiger partial charge is 0.388 e. The van der Waals surface area contributed by atoms with Gasteiger partial charge in [-0.2, -0.15) is 0 Å². The molecule has 0 unspecified atom stereocenters. The predicted molar refractivity (Wildman–Crippen MR) is 70.7 cm³/mol. The zero-order chi connectivity index (χ0) is 11.4. The first kappa shape index (κ1) is 10.8. The van der Waals surface area contributed by atoms with Crippen LogP contribution in [0.25, 0.3) is 0 Å². The first-order chi connectivity index (χ1) is 7.78. The minimum atomic E-state index is 0.746. The van der Waals surface area contributed by atoms with E-state index in [9.17, 15) is 0 Å². The molecule has 2 aromatic carbocycles. The van der Waals surface area contributed by atoms with Crippen LogP contribution in [0.2, 0.25) is 5.02 Å². The van der Waals surface area contributed by atoms with E-state index in [-0.39, 0.29) is 0 Å². The van der Waals surface area contributed by atoms with Gasteiger partial charge in [-0.05, 0) is 48.5 Å². The van der Waals surface area contributed by atoms with Gasteiger partial charge in [0.25, 0.3) is 0 Å². The lowest BCUT2D eigenvalue weighted by atomic mass is 10.2. The van der Waals surface area contributed by atoms with E-state index in [0.717, 1.165) is 22.1 Å². The average Bonchev–Trinajstić information content (AvgIpc) is 2.33. The third-order valence-corrected chi connectivity index (χ3v) is 2.56. The molecule has 2 aromatic rings. The second-order valence-electron chi connectivity index (χ2n) is 3.46. The van der Waals surface area contributed by atoms with Crippen LogP contribution < -0.4 is 10.6 Å². The molecule has 0 saturated carbocycles. The molecule has 0 atom stereocenters. The molecule has 0 bridgehead atoms. The number of benzene rings is 2. The molecular formula is C13H13ClN2. The highest BCUT2D eigenvalue weighted by molar-refractivity contribution is 6.30. The van der Waals surface area contributed by atoms with Gasteiger partial charge in [0.05, 0.1) is 0 Å². The molecule has 0 aliphatic carbocycles. The van der Waals surface area contributed by atoms with E-state index in [2.05, 4.69) is 10.6 Å². The van der Waals surface area contributed by atoms with Crippen LogP contribution >= 0.6 is 11.6 Å². The first-order valence-corrected chi connectivity index (χ1v) is 5.46. The Balaban J connectivity index is 2.11. The standard InChI is InChI=1S/C13H13ClN2/c1-15-11-6-8-13(9-7-11)16-12-4-2-10(14)3-5-12/h2-9,15-16H,1H3. The van der Waals surface area contributed by atoms with Gasteiger partial charge in [-0.15, -0.1) is 0 Å². The van der Waals surface area contributed by atoms with Gasteiger partial charge in [0.2, 0.25) is 0 Å². The quantitative estimate of drug-likeness (QED) is 0.832. The number of halogens is 1. The van der Waals surface area contributed by atoms with Crippen molar-refractivity contribution in [2.75, 3.05) is 17.7 Å². The van der Waals surface area contributed by atoms with Crippen LogP contribution in [0, 0.1) is 0 Å². The van der Waals surface area contributed by atoms with Gasteiger partial charge >= 0.3 is 0 Å². The summed E-state index contributed by atoms with van der Waals surface area (Å²) < 4.78 is 0. The molecule has 0 amide bonds. The monoisotopic (exact) mass is 232 g/mol. The maximum atomic E-state index is 5.82. The maximum absolute atomic E-state index is 5.82. The summed E-state index contributed by atoms with van der Waals surface area (Å²) in [5.74, 6) is 0. The molecule has 0 spiro atoms. The number of hydrogen-bond donors (Lipinski definition) is 2. The van der Waals surface area contributed by atoms with Crippen molar-refractivity contribution in [3.63, 3.8) is 0 Å². The van der Waals surface area contributed by atoms with Crippen LogP contribution in [0.1, 0.15) is 0 Å². The fourth-order valence-electron chi connectivity index (χ4n) is 1.42. The van der Waals surface area contributed by atoms with E-state index in [1.807, 2.05) is 55.6 Å². The van der Waals surface area contributed by atoms with Crippen LogP contribution in [-0.2, 0) is 0 Å². The maximum Gasteiger partial charge on any atom is 0.0407 e. The molecule has 3 heteroatoms. The Morgan fingerprint density at radius 2 is 1.19 bits per heavy atom. The second-order valence-corrected chi connectivity index (χ2v) is 3.90. The molecular weight excluding hydrogens is 220 g/mol. The van der Waals surface area contributed by atoms with Gasteiger partial charge in [0.1, 0.15) is 0 Å². The summed E-state index contributed by atoms with van der Waals surface area (Å²) in [6, 6.07) is 15.7. The highest BCUT2D eigenvalue weighted by Crippen LogP contribution is 2.20. The zero-order valence-electron chi connectivity index (χ0n) is 9.00. The SMILES string of the molecule is CNc1ccc(Nc2ccc(Cl)cc2)cc1. The minimum Gasteiger partial charge on any atom is -0.388 e. The van der Waals surface area contributed by atoms with E-state index in [0.29, 0.717) is 0 Å². The number of rotatable bonds is 3. The van der Waals surface area contributed by atoms with Crippen LogP contribution in [0.5, 0.6) is 0 Å². The highest BCUT2D eigenvalue weighted by atomic mass is 35.5. The highest BCUT2D eigenvalue weighted by Gasteiger charge is 1.94. The topological polar surface area (TPSA) is 24.1 Å². The predicted octanol–water partition coefficient (Wildman–Crippen LogP) is 4.13. The smallest absolute Gasteiger partial charge is 0.0407 e. The first-order valence-electron chi connectivity index (χ1n) is 5.08. The Morgan fingerprint density at radius 3 is 1.69 bits per heavy atom. The molecule has 0 radical (unpaired) electrons.